The third-order valence-corrected chi connectivity index (χ3v) is 5.86. The molecule has 7 heteroatoms. The number of carboxylic acid groups (broad SMARTS) is 1. The smallest absolute Gasteiger partial charge is 0.317 e. The minimum Gasteiger partial charge on any atom is -0.481 e. The van der Waals surface area contributed by atoms with Crippen LogP contribution in [-0.2, 0) is 11.2 Å². The summed E-state index contributed by atoms with van der Waals surface area (Å²) >= 11 is 0. The van der Waals surface area contributed by atoms with Gasteiger partial charge >= 0.3 is 12.0 Å². The number of piperidine rings is 1. The first-order valence-corrected chi connectivity index (χ1v) is 9.62. The maximum absolute atomic E-state index is 13.2. The van der Waals surface area contributed by atoms with Crippen LogP contribution in [0.4, 0.5) is 9.18 Å². The number of rotatable bonds is 4. The molecule has 2 aliphatic rings. The fourth-order valence-electron chi connectivity index (χ4n) is 4.19. The SMILES string of the molecule is O=C(NC1CCCCC1)N1CC[C@@H](O)[C@](Cc2ccc(F)cc2)(C(=O)O)C1. The quantitative estimate of drug-likeness (QED) is 0.751. The molecule has 1 aromatic rings. The molecule has 1 saturated carbocycles. The fourth-order valence-corrected chi connectivity index (χ4v) is 4.19. The highest BCUT2D eigenvalue weighted by atomic mass is 19.1. The molecule has 1 heterocycles. The van der Waals surface area contributed by atoms with Gasteiger partial charge in [-0.2, -0.15) is 0 Å². The number of nitrogens with one attached hydrogen (secondary N) is 1. The normalized spacial score (nSPS) is 26.6. The number of carbonyl (C=O) groups is 2. The molecule has 2 fully saturated rings. The Morgan fingerprint density at radius 3 is 2.44 bits per heavy atom. The van der Waals surface area contributed by atoms with Crippen molar-refractivity contribution in [1.29, 1.82) is 0 Å². The highest BCUT2D eigenvalue weighted by molar-refractivity contribution is 5.80. The van der Waals surface area contributed by atoms with Crippen molar-refractivity contribution >= 4 is 12.0 Å². The summed E-state index contributed by atoms with van der Waals surface area (Å²) < 4.78 is 13.2. The van der Waals surface area contributed by atoms with Crippen LogP contribution in [0, 0.1) is 11.2 Å². The number of aliphatic hydroxyl groups is 1. The zero-order valence-corrected chi connectivity index (χ0v) is 15.4. The monoisotopic (exact) mass is 378 g/mol. The number of aliphatic carboxylic acids is 1. The van der Waals surface area contributed by atoms with Crippen LogP contribution >= 0.6 is 0 Å². The van der Waals surface area contributed by atoms with Crippen molar-refractivity contribution in [2.75, 3.05) is 13.1 Å². The lowest BCUT2D eigenvalue weighted by Crippen LogP contribution is -2.60. The number of urea groups is 1. The van der Waals surface area contributed by atoms with Crippen LogP contribution in [-0.4, -0.2) is 52.3 Å². The Balaban J connectivity index is 1.74. The van der Waals surface area contributed by atoms with Crippen LogP contribution in [0.2, 0.25) is 0 Å². The fraction of sp³-hybridized carbons (Fsp3) is 0.600. The zero-order valence-electron chi connectivity index (χ0n) is 15.4. The van der Waals surface area contributed by atoms with Crippen molar-refractivity contribution in [2.24, 2.45) is 5.41 Å². The van der Waals surface area contributed by atoms with Crippen molar-refractivity contribution in [3.63, 3.8) is 0 Å². The molecular weight excluding hydrogens is 351 g/mol. The first kappa shape index (κ1) is 19.6. The zero-order chi connectivity index (χ0) is 19.4. The molecule has 1 saturated heterocycles. The Bertz CT molecular complexity index is 675. The summed E-state index contributed by atoms with van der Waals surface area (Å²) in [6, 6.07) is 5.45. The van der Waals surface area contributed by atoms with E-state index in [0.717, 1.165) is 25.7 Å². The molecule has 0 radical (unpaired) electrons. The second kappa shape index (κ2) is 8.25. The molecule has 2 atom stereocenters. The topological polar surface area (TPSA) is 89.9 Å². The predicted molar refractivity (Wildman–Crippen MR) is 97.8 cm³/mol. The van der Waals surface area contributed by atoms with Crippen molar-refractivity contribution in [3.05, 3.63) is 35.6 Å². The van der Waals surface area contributed by atoms with Crippen LogP contribution in [0.25, 0.3) is 0 Å². The van der Waals surface area contributed by atoms with Gasteiger partial charge in [0.15, 0.2) is 0 Å². The Kier molecular flexibility index (Phi) is 5.99. The van der Waals surface area contributed by atoms with Gasteiger partial charge in [0.1, 0.15) is 11.2 Å². The van der Waals surface area contributed by atoms with E-state index < -0.39 is 23.3 Å². The van der Waals surface area contributed by atoms with Crippen LogP contribution < -0.4 is 5.32 Å². The molecule has 1 aromatic carbocycles. The first-order valence-electron chi connectivity index (χ1n) is 9.62. The van der Waals surface area contributed by atoms with Gasteiger partial charge in [0.05, 0.1) is 6.10 Å². The van der Waals surface area contributed by atoms with E-state index in [4.69, 9.17) is 0 Å². The number of likely N-dealkylation sites (tertiary alicyclic amines) is 1. The molecule has 27 heavy (non-hydrogen) atoms. The third-order valence-electron chi connectivity index (χ3n) is 5.86. The number of amides is 2. The van der Waals surface area contributed by atoms with E-state index in [1.165, 1.54) is 35.6 Å². The molecule has 0 aromatic heterocycles. The van der Waals surface area contributed by atoms with Crippen LogP contribution in [0.3, 0.4) is 0 Å². The average molecular weight is 378 g/mol. The van der Waals surface area contributed by atoms with Gasteiger partial charge in [0, 0.05) is 19.1 Å². The summed E-state index contributed by atoms with van der Waals surface area (Å²) in [7, 11) is 0. The van der Waals surface area contributed by atoms with Gasteiger partial charge in [0.2, 0.25) is 0 Å². The Morgan fingerprint density at radius 1 is 1.15 bits per heavy atom. The summed E-state index contributed by atoms with van der Waals surface area (Å²) in [5, 5.41) is 23.4. The number of nitrogens with zero attached hydrogens (tertiary/aromatic N) is 1. The minimum absolute atomic E-state index is 0.0387. The van der Waals surface area contributed by atoms with Gasteiger partial charge in [-0.25, -0.2) is 9.18 Å². The van der Waals surface area contributed by atoms with Crippen LogP contribution in [0.15, 0.2) is 24.3 Å². The van der Waals surface area contributed by atoms with E-state index >= 15 is 0 Å². The van der Waals surface area contributed by atoms with Crippen molar-refractivity contribution in [1.82, 2.24) is 10.2 Å². The van der Waals surface area contributed by atoms with Gasteiger partial charge in [-0.3, -0.25) is 4.79 Å². The lowest BCUT2D eigenvalue weighted by molar-refractivity contribution is -0.161. The molecule has 1 aliphatic carbocycles. The molecule has 3 N–H and O–H groups in total. The third kappa shape index (κ3) is 4.40. The number of hydrogen-bond donors (Lipinski definition) is 3. The molecule has 0 spiro atoms. The van der Waals surface area contributed by atoms with Gasteiger partial charge in [0.25, 0.3) is 0 Å². The largest absolute Gasteiger partial charge is 0.481 e. The Hall–Kier alpha value is -2.15. The standard InChI is InChI=1S/C20H27FN2O4/c21-15-8-6-14(7-9-15)12-20(18(25)26)13-23(11-10-17(20)24)19(27)22-16-4-2-1-3-5-16/h6-9,16-17,24H,1-5,10-13H2,(H,22,27)(H,25,26)/t17-,20-/m1/s1. The Morgan fingerprint density at radius 2 is 1.81 bits per heavy atom. The van der Waals surface area contributed by atoms with Crippen molar-refractivity contribution < 1.29 is 24.2 Å². The number of carbonyl (C=O) groups excluding carboxylic acids is 1. The molecular formula is C20H27FN2O4. The molecule has 6 nitrogen and oxygen atoms in total. The molecule has 148 valence electrons. The van der Waals surface area contributed by atoms with Gasteiger partial charge < -0.3 is 20.4 Å². The van der Waals surface area contributed by atoms with Gasteiger partial charge in [-0.05, 0) is 43.4 Å². The lowest BCUT2D eigenvalue weighted by Gasteiger charge is -2.43. The summed E-state index contributed by atoms with van der Waals surface area (Å²) in [5.74, 6) is -1.55. The first-order chi connectivity index (χ1) is 12.9. The maximum Gasteiger partial charge on any atom is 0.317 e. The Labute approximate surface area is 158 Å². The second-order valence-electron chi connectivity index (χ2n) is 7.77. The number of benzene rings is 1. The van der Waals surface area contributed by atoms with Gasteiger partial charge in [-0.1, -0.05) is 31.4 Å². The number of halogens is 1. The summed E-state index contributed by atoms with van der Waals surface area (Å²) in [6.07, 6.45) is 4.42. The summed E-state index contributed by atoms with van der Waals surface area (Å²) in [6.45, 7) is 0.248. The number of hydrogen-bond acceptors (Lipinski definition) is 3. The van der Waals surface area contributed by atoms with E-state index in [2.05, 4.69) is 5.32 Å². The minimum atomic E-state index is -1.50. The number of aliphatic hydroxyl groups excluding tert-OH is 1. The summed E-state index contributed by atoms with van der Waals surface area (Å²) in [5.41, 5.74) is -0.882. The molecule has 0 unspecified atom stereocenters. The highest BCUT2D eigenvalue weighted by Gasteiger charge is 2.50. The average Bonchev–Trinajstić information content (AvgIpc) is 2.66. The van der Waals surface area contributed by atoms with E-state index in [-0.39, 0.29) is 31.5 Å². The van der Waals surface area contributed by atoms with E-state index in [1.54, 1.807) is 0 Å². The van der Waals surface area contributed by atoms with E-state index in [1.807, 2.05) is 0 Å². The van der Waals surface area contributed by atoms with E-state index in [9.17, 15) is 24.2 Å². The predicted octanol–water partition coefficient (Wildman–Crippen LogP) is 2.55. The number of carboxylic acids is 1. The maximum atomic E-state index is 13.2. The highest BCUT2D eigenvalue weighted by Crippen LogP contribution is 2.35. The molecule has 1 aliphatic heterocycles. The summed E-state index contributed by atoms with van der Waals surface area (Å²) in [4.78, 5) is 26.3. The van der Waals surface area contributed by atoms with Crippen LogP contribution in [0.5, 0.6) is 0 Å². The van der Waals surface area contributed by atoms with Gasteiger partial charge in [-0.15, -0.1) is 0 Å². The molecule has 0 bridgehead atoms. The molecule has 2 amide bonds. The second-order valence-corrected chi connectivity index (χ2v) is 7.77. The molecule has 3 rings (SSSR count). The van der Waals surface area contributed by atoms with E-state index in [0.29, 0.717) is 12.1 Å². The van der Waals surface area contributed by atoms with Crippen molar-refractivity contribution in [3.8, 4) is 0 Å². The van der Waals surface area contributed by atoms with Crippen molar-refractivity contribution in [2.45, 2.75) is 57.1 Å². The lowest BCUT2D eigenvalue weighted by atomic mass is 9.73. The van der Waals surface area contributed by atoms with Crippen LogP contribution in [0.1, 0.15) is 44.1 Å².